The van der Waals surface area contributed by atoms with Gasteiger partial charge in [0.15, 0.2) is 0 Å². The van der Waals surface area contributed by atoms with Gasteiger partial charge in [-0.1, -0.05) is 26.7 Å². The normalized spacial score (nSPS) is 11.9. The second kappa shape index (κ2) is 16.1. The van der Waals surface area contributed by atoms with Gasteiger partial charge in [-0.15, -0.1) is 0 Å². The molecule has 2 amide bonds. The van der Waals surface area contributed by atoms with Crippen molar-refractivity contribution in [3.63, 3.8) is 0 Å². The third kappa shape index (κ3) is 12.5. The molecule has 0 aromatic carbocycles. The highest BCUT2D eigenvalue weighted by atomic mass is 16.2. The van der Waals surface area contributed by atoms with E-state index < -0.39 is 17.6 Å². The number of unbranched alkanes of at least 4 members (excludes halogenated alkanes) is 3. The molecule has 0 saturated carbocycles. The first-order valence-corrected chi connectivity index (χ1v) is 9.77. The summed E-state index contributed by atoms with van der Waals surface area (Å²) in [5, 5.41) is 8.44. The molecule has 0 aliphatic carbocycles. The molecule has 0 unspecified atom stereocenters. The average Bonchev–Trinajstić information content (AvgIpc) is 2.67. The van der Waals surface area contributed by atoms with Crippen molar-refractivity contribution in [3.05, 3.63) is 0 Å². The van der Waals surface area contributed by atoms with Crippen molar-refractivity contribution < 1.29 is 19.2 Å². The van der Waals surface area contributed by atoms with E-state index in [4.69, 9.17) is 5.73 Å². The molecular weight excluding hydrogens is 364 g/mol. The van der Waals surface area contributed by atoms with Gasteiger partial charge in [0.1, 0.15) is 6.04 Å². The van der Waals surface area contributed by atoms with Gasteiger partial charge in [0.05, 0.1) is 19.6 Å². The van der Waals surface area contributed by atoms with Crippen LogP contribution < -0.4 is 32.5 Å². The van der Waals surface area contributed by atoms with Crippen LogP contribution in [0.5, 0.6) is 0 Å². The summed E-state index contributed by atoms with van der Waals surface area (Å²) in [4.78, 5) is 46.6. The van der Waals surface area contributed by atoms with Crippen LogP contribution in [0.15, 0.2) is 0 Å². The maximum atomic E-state index is 12.3. The van der Waals surface area contributed by atoms with E-state index in [0.29, 0.717) is 6.54 Å². The lowest BCUT2D eigenvalue weighted by Crippen LogP contribution is -2.55. The molecule has 0 aliphatic heterocycles. The predicted octanol–water partition coefficient (Wildman–Crippen LogP) is -1.79. The van der Waals surface area contributed by atoms with Crippen LogP contribution >= 0.6 is 0 Å². The van der Waals surface area contributed by atoms with E-state index in [1.165, 1.54) is 0 Å². The summed E-state index contributed by atoms with van der Waals surface area (Å²) in [6, 6.07) is -0.666. The van der Waals surface area contributed by atoms with Crippen molar-refractivity contribution in [1.29, 1.82) is 0 Å². The molecule has 0 aliphatic rings. The molecule has 0 bridgehead atoms. The van der Waals surface area contributed by atoms with Crippen LogP contribution in [0, 0.1) is 5.92 Å². The number of hydrogen-bond donors (Lipinski definition) is 6. The maximum Gasteiger partial charge on any atom is 0.239 e. The lowest BCUT2D eigenvalue weighted by molar-refractivity contribution is -0.135. The molecule has 10 heteroatoms. The van der Waals surface area contributed by atoms with E-state index in [1.54, 1.807) is 0 Å². The fourth-order valence-electron chi connectivity index (χ4n) is 2.34. The van der Waals surface area contributed by atoms with Crippen LogP contribution in [-0.4, -0.2) is 69.2 Å². The van der Waals surface area contributed by atoms with Crippen molar-refractivity contribution in [2.24, 2.45) is 11.7 Å². The fraction of sp³-hybridized carbons (Fsp3) is 0.778. The fourth-order valence-corrected chi connectivity index (χ4v) is 2.34. The Balaban J connectivity index is 4.07. The van der Waals surface area contributed by atoms with Gasteiger partial charge in [0.2, 0.25) is 23.4 Å². The topological polar surface area (TPSA) is 154 Å². The summed E-state index contributed by atoms with van der Waals surface area (Å²) >= 11 is 0. The Morgan fingerprint density at radius 2 is 1.50 bits per heavy atom. The number of hydrazine groups is 1. The standard InChI is InChI=1S/C18H36N6O4/c1-13(2)17(24-23-11-15(26)14(25)10-19)18(28)22-12-16(27)21-9-7-5-4-6-8-20-3/h13,17,20,23-24H,4-12,19H2,1-3H3,(H,21,27)(H,22,28)/t17-/m0/s1. The molecule has 0 rings (SSSR count). The molecule has 7 N–H and O–H groups in total. The van der Waals surface area contributed by atoms with Gasteiger partial charge in [0.25, 0.3) is 0 Å². The number of nitrogens with two attached hydrogens (primary N) is 1. The lowest BCUT2D eigenvalue weighted by atomic mass is 10.0. The number of rotatable bonds is 17. The van der Waals surface area contributed by atoms with Gasteiger partial charge in [-0.3, -0.25) is 19.2 Å². The van der Waals surface area contributed by atoms with Gasteiger partial charge in [0, 0.05) is 6.54 Å². The average molecular weight is 401 g/mol. The van der Waals surface area contributed by atoms with E-state index in [-0.39, 0.29) is 37.4 Å². The van der Waals surface area contributed by atoms with E-state index in [2.05, 4.69) is 26.8 Å². The third-order valence-electron chi connectivity index (χ3n) is 4.05. The summed E-state index contributed by atoms with van der Waals surface area (Å²) in [5.74, 6) is -2.07. The van der Waals surface area contributed by atoms with Gasteiger partial charge < -0.3 is 21.7 Å². The van der Waals surface area contributed by atoms with Crippen molar-refractivity contribution in [2.45, 2.75) is 45.6 Å². The van der Waals surface area contributed by atoms with Crippen LogP contribution in [0.4, 0.5) is 0 Å². The van der Waals surface area contributed by atoms with Crippen LogP contribution in [0.25, 0.3) is 0 Å². The molecule has 162 valence electrons. The quantitative estimate of drug-likeness (QED) is 0.0951. The van der Waals surface area contributed by atoms with Crippen LogP contribution in [0.2, 0.25) is 0 Å². The summed E-state index contributed by atoms with van der Waals surface area (Å²) in [5.41, 5.74) is 10.4. The van der Waals surface area contributed by atoms with Crippen LogP contribution in [0.3, 0.4) is 0 Å². The largest absolute Gasteiger partial charge is 0.355 e. The van der Waals surface area contributed by atoms with Gasteiger partial charge in [-0.05, 0) is 32.4 Å². The molecule has 10 nitrogen and oxygen atoms in total. The highest BCUT2D eigenvalue weighted by Gasteiger charge is 2.22. The number of carbonyl (C=O) groups excluding carboxylic acids is 4. The van der Waals surface area contributed by atoms with Gasteiger partial charge >= 0.3 is 0 Å². The first-order chi connectivity index (χ1) is 13.3. The number of ketones is 2. The summed E-state index contributed by atoms with van der Waals surface area (Å²) < 4.78 is 0. The van der Waals surface area contributed by atoms with Crippen molar-refractivity contribution in [2.75, 3.05) is 39.8 Å². The Labute approximate surface area is 167 Å². The second-order valence-corrected chi connectivity index (χ2v) is 6.86. The predicted molar refractivity (Wildman–Crippen MR) is 107 cm³/mol. The minimum atomic E-state index is -0.682. The molecular formula is C18H36N6O4. The smallest absolute Gasteiger partial charge is 0.239 e. The Morgan fingerprint density at radius 1 is 0.857 bits per heavy atom. The van der Waals surface area contributed by atoms with E-state index in [9.17, 15) is 19.2 Å². The van der Waals surface area contributed by atoms with E-state index in [0.717, 1.165) is 32.2 Å². The van der Waals surface area contributed by atoms with E-state index >= 15 is 0 Å². The number of amides is 2. The zero-order valence-electron chi connectivity index (χ0n) is 17.2. The Bertz CT molecular complexity index is 498. The number of Topliss-reactive ketones (excluding diaryl/α,β-unsaturated/α-hetero) is 2. The van der Waals surface area contributed by atoms with E-state index in [1.807, 2.05) is 20.9 Å². The van der Waals surface area contributed by atoms with Crippen LogP contribution in [0.1, 0.15) is 39.5 Å². The summed E-state index contributed by atoms with van der Waals surface area (Å²) in [6.45, 7) is 4.49. The monoisotopic (exact) mass is 400 g/mol. The molecule has 0 heterocycles. The zero-order valence-corrected chi connectivity index (χ0v) is 17.2. The summed E-state index contributed by atoms with van der Waals surface area (Å²) in [6.07, 6.45) is 4.18. The van der Waals surface area contributed by atoms with Crippen molar-refractivity contribution in [1.82, 2.24) is 26.8 Å². The first-order valence-electron chi connectivity index (χ1n) is 9.77. The van der Waals surface area contributed by atoms with Gasteiger partial charge in [-0.25, -0.2) is 10.9 Å². The third-order valence-corrected chi connectivity index (χ3v) is 4.05. The SMILES string of the molecule is CNCCCCCCNC(=O)CNC(=O)[C@@H](NNCC(=O)C(=O)CN)C(C)C. The number of carbonyl (C=O) groups is 4. The van der Waals surface area contributed by atoms with Crippen LogP contribution in [-0.2, 0) is 19.2 Å². The number of nitrogens with one attached hydrogen (secondary N) is 5. The molecule has 0 aromatic rings. The molecule has 0 spiro atoms. The molecule has 0 saturated heterocycles. The molecule has 1 atom stereocenters. The van der Waals surface area contributed by atoms with Crippen molar-refractivity contribution in [3.8, 4) is 0 Å². The maximum absolute atomic E-state index is 12.3. The summed E-state index contributed by atoms with van der Waals surface area (Å²) in [7, 11) is 1.92. The minimum Gasteiger partial charge on any atom is -0.355 e. The minimum absolute atomic E-state index is 0.103. The first kappa shape index (κ1) is 26.1. The Kier molecular flexibility index (Phi) is 15.0. The van der Waals surface area contributed by atoms with Crippen molar-refractivity contribution >= 4 is 23.4 Å². The molecule has 28 heavy (non-hydrogen) atoms. The molecule has 0 radical (unpaired) electrons. The second-order valence-electron chi connectivity index (χ2n) is 6.86. The Morgan fingerprint density at radius 3 is 2.07 bits per heavy atom. The lowest BCUT2D eigenvalue weighted by Gasteiger charge is -2.21. The number of hydrogen-bond acceptors (Lipinski definition) is 8. The van der Waals surface area contributed by atoms with Gasteiger partial charge in [-0.2, -0.15) is 0 Å². The highest BCUT2D eigenvalue weighted by molar-refractivity contribution is 6.38. The molecule has 0 fully saturated rings. The Hall–Kier alpha value is -1.88. The zero-order chi connectivity index (χ0) is 21.4. The molecule has 0 aromatic heterocycles. The highest BCUT2D eigenvalue weighted by Crippen LogP contribution is 2.00.